The first kappa shape index (κ1) is 13.5. The summed E-state index contributed by atoms with van der Waals surface area (Å²) in [5.74, 6) is -0.672. The zero-order valence-electron chi connectivity index (χ0n) is 11.6. The molecular formula is C15H19NO3. The van der Waals surface area contributed by atoms with Crippen molar-refractivity contribution < 1.29 is 15.0 Å². The third-order valence-electron chi connectivity index (χ3n) is 3.51. The lowest BCUT2D eigenvalue weighted by molar-refractivity contribution is -0.142. The number of fused-ring (bicyclic) bond motifs is 1. The molecule has 4 heteroatoms. The number of aliphatic carboxylic acids is 1. The SMILES string of the molecule is CC(C)n1c(C(C)(C)C(=O)O)cc2cc(O)ccc21. The van der Waals surface area contributed by atoms with Crippen LogP contribution in [0.15, 0.2) is 24.3 Å². The Hall–Kier alpha value is -1.97. The Balaban J connectivity index is 2.80. The third kappa shape index (κ3) is 2.07. The van der Waals surface area contributed by atoms with E-state index in [4.69, 9.17) is 0 Å². The average molecular weight is 261 g/mol. The normalized spacial score (nSPS) is 12.3. The molecule has 4 nitrogen and oxygen atoms in total. The fourth-order valence-corrected chi connectivity index (χ4v) is 2.37. The van der Waals surface area contributed by atoms with E-state index in [1.54, 1.807) is 26.0 Å². The Kier molecular flexibility index (Phi) is 3.04. The fraction of sp³-hybridized carbons (Fsp3) is 0.400. The Morgan fingerprint density at radius 1 is 1.26 bits per heavy atom. The second-order valence-electron chi connectivity index (χ2n) is 5.67. The number of carbonyl (C=O) groups is 1. The van der Waals surface area contributed by atoms with Gasteiger partial charge in [-0.15, -0.1) is 0 Å². The van der Waals surface area contributed by atoms with Crippen molar-refractivity contribution in [3.05, 3.63) is 30.0 Å². The van der Waals surface area contributed by atoms with Crippen molar-refractivity contribution in [2.45, 2.75) is 39.2 Å². The number of nitrogens with zero attached hydrogens (tertiary/aromatic N) is 1. The zero-order valence-corrected chi connectivity index (χ0v) is 11.6. The molecular weight excluding hydrogens is 242 g/mol. The molecule has 0 aliphatic carbocycles. The van der Waals surface area contributed by atoms with E-state index in [1.807, 2.05) is 30.5 Å². The molecule has 0 atom stereocenters. The number of aromatic nitrogens is 1. The van der Waals surface area contributed by atoms with Gasteiger partial charge in [-0.25, -0.2) is 0 Å². The number of phenols is 1. The van der Waals surface area contributed by atoms with Crippen LogP contribution in [0.5, 0.6) is 5.75 Å². The summed E-state index contributed by atoms with van der Waals surface area (Å²) < 4.78 is 2.02. The van der Waals surface area contributed by atoms with E-state index in [2.05, 4.69) is 0 Å². The van der Waals surface area contributed by atoms with Crippen LogP contribution >= 0.6 is 0 Å². The lowest BCUT2D eigenvalue weighted by Crippen LogP contribution is -2.31. The van der Waals surface area contributed by atoms with Crippen LogP contribution in [0.3, 0.4) is 0 Å². The van der Waals surface area contributed by atoms with Crippen molar-refractivity contribution in [1.82, 2.24) is 4.57 Å². The van der Waals surface area contributed by atoms with E-state index in [9.17, 15) is 15.0 Å². The molecule has 1 heterocycles. The lowest BCUT2D eigenvalue weighted by atomic mass is 9.89. The molecule has 0 unspecified atom stereocenters. The predicted octanol–water partition coefficient (Wildman–Crippen LogP) is 3.29. The minimum atomic E-state index is -0.973. The number of carboxylic acids is 1. The first-order valence-electron chi connectivity index (χ1n) is 6.33. The number of phenolic OH excluding ortho intramolecular Hbond substituents is 1. The molecule has 19 heavy (non-hydrogen) atoms. The van der Waals surface area contributed by atoms with Gasteiger partial charge in [0.1, 0.15) is 11.2 Å². The second-order valence-corrected chi connectivity index (χ2v) is 5.67. The van der Waals surface area contributed by atoms with Crippen LogP contribution in [0.1, 0.15) is 39.4 Å². The maximum Gasteiger partial charge on any atom is 0.315 e. The van der Waals surface area contributed by atoms with Gasteiger partial charge in [0.15, 0.2) is 0 Å². The van der Waals surface area contributed by atoms with Crippen LogP contribution in [0.2, 0.25) is 0 Å². The Labute approximate surface area is 112 Å². The van der Waals surface area contributed by atoms with Crippen LogP contribution in [-0.4, -0.2) is 20.7 Å². The molecule has 0 aliphatic heterocycles. The van der Waals surface area contributed by atoms with Crippen molar-refractivity contribution in [3.63, 3.8) is 0 Å². The topological polar surface area (TPSA) is 62.5 Å². The highest BCUT2D eigenvalue weighted by Crippen LogP contribution is 2.34. The van der Waals surface area contributed by atoms with E-state index in [0.717, 1.165) is 16.6 Å². The monoisotopic (exact) mass is 261 g/mol. The van der Waals surface area contributed by atoms with E-state index >= 15 is 0 Å². The van der Waals surface area contributed by atoms with Crippen molar-refractivity contribution in [3.8, 4) is 5.75 Å². The van der Waals surface area contributed by atoms with E-state index in [-0.39, 0.29) is 11.8 Å². The lowest BCUT2D eigenvalue weighted by Gasteiger charge is -2.24. The summed E-state index contributed by atoms with van der Waals surface area (Å²) in [5, 5.41) is 19.8. The van der Waals surface area contributed by atoms with E-state index < -0.39 is 11.4 Å². The summed E-state index contributed by atoms with van der Waals surface area (Å²) in [4.78, 5) is 11.5. The van der Waals surface area contributed by atoms with E-state index in [0.29, 0.717) is 0 Å². The van der Waals surface area contributed by atoms with Crippen molar-refractivity contribution >= 4 is 16.9 Å². The van der Waals surface area contributed by atoms with E-state index in [1.165, 1.54) is 0 Å². The number of hydrogen-bond acceptors (Lipinski definition) is 2. The van der Waals surface area contributed by atoms with Gasteiger partial charge in [-0.2, -0.15) is 0 Å². The Bertz CT molecular complexity index is 638. The van der Waals surface area contributed by atoms with Gasteiger partial charge in [-0.1, -0.05) is 0 Å². The molecule has 0 aliphatic rings. The molecule has 102 valence electrons. The molecule has 2 rings (SSSR count). The summed E-state index contributed by atoms with van der Waals surface area (Å²) in [5.41, 5.74) is 0.714. The van der Waals surface area contributed by atoms with Gasteiger partial charge < -0.3 is 14.8 Å². The number of carboxylic acid groups (broad SMARTS) is 1. The summed E-state index contributed by atoms with van der Waals surface area (Å²) in [6.07, 6.45) is 0. The number of aromatic hydroxyl groups is 1. The van der Waals surface area contributed by atoms with Gasteiger partial charge >= 0.3 is 5.97 Å². The molecule has 2 N–H and O–H groups in total. The highest BCUT2D eigenvalue weighted by Gasteiger charge is 2.34. The van der Waals surface area contributed by atoms with Crippen LogP contribution in [0.25, 0.3) is 10.9 Å². The Morgan fingerprint density at radius 3 is 2.42 bits per heavy atom. The van der Waals surface area contributed by atoms with Crippen LogP contribution in [-0.2, 0) is 10.2 Å². The van der Waals surface area contributed by atoms with Gasteiger partial charge in [0.25, 0.3) is 0 Å². The van der Waals surface area contributed by atoms with Gasteiger partial charge in [0.2, 0.25) is 0 Å². The number of benzene rings is 1. The van der Waals surface area contributed by atoms with Crippen LogP contribution in [0.4, 0.5) is 0 Å². The Morgan fingerprint density at radius 2 is 1.89 bits per heavy atom. The zero-order chi connectivity index (χ0) is 14.4. The maximum atomic E-state index is 11.5. The molecule has 2 aromatic rings. The standard InChI is InChI=1S/C15H19NO3/c1-9(2)16-12-6-5-11(17)7-10(12)8-13(16)15(3,4)14(18)19/h5-9,17H,1-4H3,(H,18,19). The molecule has 1 aromatic heterocycles. The smallest absolute Gasteiger partial charge is 0.315 e. The van der Waals surface area contributed by atoms with Crippen molar-refractivity contribution in [2.75, 3.05) is 0 Å². The first-order valence-corrected chi connectivity index (χ1v) is 6.33. The van der Waals surface area contributed by atoms with Gasteiger partial charge in [-0.3, -0.25) is 4.79 Å². The molecule has 0 bridgehead atoms. The second kappa shape index (κ2) is 4.30. The predicted molar refractivity (Wildman–Crippen MR) is 74.6 cm³/mol. The molecule has 0 fully saturated rings. The highest BCUT2D eigenvalue weighted by atomic mass is 16.4. The van der Waals surface area contributed by atoms with Crippen molar-refractivity contribution in [1.29, 1.82) is 0 Å². The number of hydrogen-bond donors (Lipinski definition) is 2. The molecule has 0 radical (unpaired) electrons. The minimum Gasteiger partial charge on any atom is -0.508 e. The first-order chi connectivity index (χ1) is 8.75. The van der Waals surface area contributed by atoms with Gasteiger partial charge in [0, 0.05) is 22.6 Å². The average Bonchev–Trinajstić information content (AvgIpc) is 2.67. The molecule has 0 amide bonds. The largest absolute Gasteiger partial charge is 0.508 e. The number of rotatable bonds is 3. The molecule has 0 saturated heterocycles. The summed E-state index contributed by atoms with van der Waals surface area (Å²) in [6.45, 7) is 7.44. The quantitative estimate of drug-likeness (QED) is 0.891. The van der Waals surface area contributed by atoms with Crippen LogP contribution < -0.4 is 0 Å². The third-order valence-corrected chi connectivity index (χ3v) is 3.51. The summed E-state index contributed by atoms with van der Waals surface area (Å²) in [6, 6.07) is 7.11. The van der Waals surface area contributed by atoms with Crippen molar-refractivity contribution in [2.24, 2.45) is 0 Å². The highest BCUT2D eigenvalue weighted by molar-refractivity contribution is 5.87. The fourth-order valence-electron chi connectivity index (χ4n) is 2.37. The van der Waals surface area contributed by atoms with Crippen LogP contribution in [0, 0.1) is 0 Å². The minimum absolute atomic E-state index is 0.149. The van der Waals surface area contributed by atoms with Gasteiger partial charge in [-0.05, 0) is 52.0 Å². The molecule has 0 saturated carbocycles. The molecule has 0 spiro atoms. The molecule has 1 aromatic carbocycles. The van der Waals surface area contributed by atoms with Gasteiger partial charge in [0.05, 0.1) is 0 Å². The maximum absolute atomic E-state index is 11.5. The summed E-state index contributed by atoms with van der Waals surface area (Å²) in [7, 11) is 0. The summed E-state index contributed by atoms with van der Waals surface area (Å²) >= 11 is 0.